The second-order valence-corrected chi connectivity index (χ2v) is 10.5. The van der Waals surface area contributed by atoms with Crippen molar-refractivity contribution in [2.24, 2.45) is 28.1 Å². The number of hydrogen-bond donors (Lipinski definition) is 9. The van der Waals surface area contributed by atoms with Gasteiger partial charge >= 0.3 is 5.97 Å². The third kappa shape index (κ3) is 12.6. The molecule has 16 nitrogen and oxygen atoms in total. The number of nitrogens with one attached hydrogen (secondary N) is 4. The van der Waals surface area contributed by atoms with Crippen molar-refractivity contribution >= 4 is 41.3 Å². The third-order valence-electron chi connectivity index (χ3n) is 6.94. The largest absolute Gasteiger partial charge is 0.508 e. The van der Waals surface area contributed by atoms with Gasteiger partial charge in [0, 0.05) is 25.3 Å². The lowest BCUT2D eigenvalue weighted by molar-refractivity contribution is -0.141. The fourth-order valence-corrected chi connectivity index (χ4v) is 4.63. The van der Waals surface area contributed by atoms with E-state index in [-0.39, 0.29) is 43.9 Å². The maximum absolute atomic E-state index is 13.6. The number of guanidine groups is 1. The molecule has 1 aromatic rings. The van der Waals surface area contributed by atoms with Crippen molar-refractivity contribution in [3.63, 3.8) is 0 Å². The summed E-state index contributed by atoms with van der Waals surface area (Å²) in [6, 6.07) is 1.97. The molecule has 0 unspecified atom stereocenters. The minimum atomic E-state index is -1.57. The van der Waals surface area contributed by atoms with Crippen LogP contribution in [0.3, 0.4) is 0 Å². The zero-order chi connectivity index (χ0) is 32.6. The first-order valence-electron chi connectivity index (χ1n) is 14.3. The number of aliphatic carboxylic acids is 1. The number of nitrogens with zero attached hydrogens (tertiary/aromatic N) is 1. The zero-order valence-corrected chi connectivity index (χ0v) is 24.4. The van der Waals surface area contributed by atoms with Crippen LogP contribution in [0.25, 0.3) is 0 Å². The average molecular weight is 619 g/mol. The van der Waals surface area contributed by atoms with Gasteiger partial charge < -0.3 is 48.7 Å². The fourth-order valence-electron chi connectivity index (χ4n) is 4.63. The molecule has 4 amide bonds. The Hall–Kier alpha value is -4.73. The van der Waals surface area contributed by atoms with E-state index in [9.17, 15) is 39.0 Å². The number of Topliss-reactive ketones (excluding diaryl/α,β-unsaturated/α-hetero) is 1. The van der Waals surface area contributed by atoms with Crippen LogP contribution in [0.2, 0.25) is 0 Å². The molecule has 1 fully saturated rings. The Bertz CT molecular complexity index is 1200. The summed E-state index contributed by atoms with van der Waals surface area (Å²) in [4.78, 5) is 81.5. The van der Waals surface area contributed by atoms with Crippen LogP contribution in [0, 0.1) is 5.92 Å². The molecule has 0 saturated carbocycles. The number of carboxylic acids is 1. The van der Waals surface area contributed by atoms with Crippen molar-refractivity contribution in [1.82, 2.24) is 21.3 Å². The molecule has 1 heterocycles. The van der Waals surface area contributed by atoms with Crippen molar-refractivity contribution < 1.29 is 39.0 Å². The Balaban J connectivity index is 2.45. The van der Waals surface area contributed by atoms with Gasteiger partial charge in [-0.05, 0) is 56.3 Å². The van der Waals surface area contributed by atoms with Gasteiger partial charge in [-0.15, -0.1) is 0 Å². The van der Waals surface area contributed by atoms with Crippen molar-refractivity contribution in [1.29, 1.82) is 0 Å². The highest BCUT2D eigenvalue weighted by Crippen LogP contribution is 2.17. The maximum Gasteiger partial charge on any atom is 0.305 e. The van der Waals surface area contributed by atoms with Gasteiger partial charge in [0.15, 0.2) is 11.7 Å². The summed E-state index contributed by atoms with van der Waals surface area (Å²) >= 11 is 0. The van der Waals surface area contributed by atoms with Gasteiger partial charge in [0.1, 0.15) is 17.8 Å². The van der Waals surface area contributed by atoms with Crippen LogP contribution >= 0.6 is 0 Å². The summed E-state index contributed by atoms with van der Waals surface area (Å²) in [5.41, 5.74) is 16.9. The number of hydrogen-bond acceptors (Lipinski definition) is 9. The summed E-state index contributed by atoms with van der Waals surface area (Å²) in [7, 11) is 0. The number of rotatable bonds is 12. The quantitative estimate of drug-likeness (QED) is 0.0685. The Morgan fingerprint density at radius 2 is 1.52 bits per heavy atom. The summed E-state index contributed by atoms with van der Waals surface area (Å²) < 4.78 is 0. The van der Waals surface area contributed by atoms with Gasteiger partial charge in [0.05, 0.1) is 19.0 Å². The van der Waals surface area contributed by atoms with Gasteiger partial charge in [0.2, 0.25) is 23.6 Å². The predicted molar refractivity (Wildman–Crippen MR) is 159 cm³/mol. The molecule has 2 rings (SSSR count). The van der Waals surface area contributed by atoms with Crippen molar-refractivity contribution in [3.05, 3.63) is 29.8 Å². The number of unbranched alkanes of at least 4 members (excludes halogenated alkanes) is 1. The molecule has 12 N–H and O–H groups in total. The number of aliphatic imine (C=N–C) groups is 1. The minimum absolute atomic E-state index is 0.0184. The van der Waals surface area contributed by atoms with Crippen LogP contribution in [0.4, 0.5) is 0 Å². The number of phenols is 1. The smallest absolute Gasteiger partial charge is 0.305 e. The van der Waals surface area contributed by atoms with Crippen LogP contribution in [-0.4, -0.2) is 89.3 Å². The van der Waals surface area contributed by atoms with E-state index >= 15 is 0 Å². The van der Waals surface area contributed by atoms with Crippen LogP contribution in [0.15, 0.2) is 29.3 Å². The van der Waals surface area contributed by atoms with Crippen LogP contribution in [-0.2, 0) is 35.2 Å². The van der Waals surface area contributed by atoms with Crippen molar-refractivity contribution in [2.45, 2.75) is 69.5 Å². The number of amides is 4. The fraction of sp³-hybridized carbons (Fsp3) is 0.536. The number of carboxylic acid groups (broad SMARTS) is 1. The van der Waals surface area contributed by atoms with E-state index < -0.39 is 72.4 Å². The monoisotopic (exact) mass is 618 g/mol. The van der Waals surface area contributed by atoms with Gasteiger partial charge in [-0.2, -0.15) is 0 Å². The number of carbonyl (C=O) groups excluding carboxylic acids is 5. The predicted octanol–water partition coefficient (Wildman–Crippen LogP) is -2.25. The lowest BCUT2D eigenvalue weighted by atomic mass is 9.91. The summed E-state index contributed by atoms with van der Waals surface area (Å²) in [5, 5.41) is 28.9. The Labute approximate surface area is 254 Å². The molecule has 1 aromatic carbocycles. The third-order valence-corrected chi connectivity index (χ3v) is 6.94. The molecular weight excluding hydrogens is 576 g/mol. The molecule has 1 aliphatic heterocycles. The van der Waals surface area contributed by atoms with E-state index in [1.807, 2.05) is 0 Å². The molecule has 0 spiro atoms. The second-order valence-electron chi connectivity index (χ2n) is 10.5. The number of phenolic OH excluding ortho intramolecular Hbond substituents is 1. The standard InChI is InChI=1S/C28H42N8O8/c29-10-2-1-5-19-22(38)13-17(4-3-11-32-28(30)31)25(42)33-15-23(39)34-21(14-24(40)41)27(44)36-20(26(43)35-19)12-16-6-8-18(37)9-7-16/h6-9,17,19-21,37H,1-5,10-15,29H2,(H,33,42)(H,34,39)(H,35,43)(H,36,44)(H,40,41)(H4,30,31,32)/t17-,19+,20-,21+/m1/s1. The van der Waals surface area contributed by atoms with E-state index in [2.05, 4.69) is 26.3 Å². The lowest BCUT2D eigenvalue weighted by Gasteiger charge is -2.25. The minimum Gasteiger partial charge on any atom is -0.508 e. The van der Waals surface area contributed by atoms with Crippen LogP contribution < -0.4 is 38.5 Å². The molecule has 44 heavy (non-hydrogen) atoms. The van der Waals surface area contributed by atoms with E-state index in [4.69, 9.17) is 17.2 Å². The molecule has 0 aliphatic carbocycles. The molecule has 0 radical (unpaired) electrons. The van der Waals surface area contributed by atoms with E-state index in [1.54, 1.807) is 0 Å². The number of benzene rings is 1. The average Bonchev–Trinajstić information content (AvgIpc) is 2.96. The first kappa shape index (κ1) is 35.5. The Morgan fingerprint density at radius 1 is 0.864 bits per heavy atom. The van der Waals surface area contributed by atoms with Gasteiger partial charge in [-0.25, -0.2) is 0 Å². The lowest BCUT2D eigenvalue weighted by Crippen LogP contribution is -2.57. The molecule has 1 aliphatic rings. The van der Waals surface area contributed by atoms with Gasteiger partial charge in [-0.3, -0.25) is 33.8 Å². The first-order valence-corrected chi connectivity index (χ1v) is 14.3. The number of carbonyl (C=O) groups is 6. The highest BCUT2D eigenvalue weighted by Gasteiger charge is 2.33. The molecule has 242 valence electrons. The van der Waals surface area contributed by atoms with Crippen molar-refractivity contribution in [2.75, 3.05) is 19.6 Å². The maximum atomic E-state index is 13.6. The normalized spacial score (nSPS) is 22.0. The van der Waals surface area contributed by atoms with Gasteiger partial charge in [0.25, 0.3) is 0 Å². The highest BCUT2D eigenvalue weighted by molar-refractivity contribution is 5.98. The molecule has 0 aromatic heterocycles. The van der Waals surface area contributed by atoms with Crippen LogP contribution in [0.1, 0.15) is 50.5 Å². The second kappa shape index (κ2) is 18.0. The number of nitrogens with two attached hydrogens (primary N) is 3. The topological polar surface area (TPSA) is 281 Å². The molecular formula is C28H42N8O8. The van der Waals surface area contributed by atoms with Gasteiger partial charge in [-0.1, -0.05) is 12.1 Å². The zero-order valence-electron chi connectivity index (χ0n) is 24.4. The Kier molecular flexibility index (Phi) is 14.5. The molecule has 4 atom stereocenters. The molecule has 1 saturated heterocycles. The number of ketones is 1. The first-order chi connectivity index (χ1) is 20.9. The molecule has 0 bridgehead atoms. The van der Waals surface area contributed by atoms with E-state index in [0.717, 1.165) is 0 Å². The Morgan fingerprint density at radius 3 is 2.16 bits per heavy atom. The number of aromatic hydroxyl groups is 1. The van der Waals surface area contributed by atoms with E-state index in [0.29, 0.717) is 31.4 Å². The molecule has 16 heteroatoms. The van der Waals surface area contributed by atoms with Crippen molar-refractivity contribution in [3.8, 4) is 5.75 Å². The van der Waals surface area contributed by atoms with Crippen LogP contribution in [0.5, 0.6) is 5.75 Å². The summed E-state index contributed by atoms with van der Waals surface area (Å²) in [5.74, 6) is -6.03. The van der Waals surface area contributed by atoms with E-state index in [1.165, 1.54) is 24.3 Å². The highest BCUT2D eigenvalue weighted by atomic mass is 16.4. The summed E-state index contributed by atoms with van der Waals surface area (Å²) in [6.07, 6.45) is 0.654. The SMILES string of the molecule is NCCCC[C@@H]1NC(=O)[C@@H](Cc2ccc(O)cc2)NC(=O)[C@H](CC(=O)O)NC(=O)CNC(=O)[C@H](CCCN=C(N)N)CC1=O. The summed E-state index contributed by atoms with van der Waals surface area (Å²) in [6.45, 7) is -0.0356.